The normalized spacial score (nSPS) is 11.8. The van der Waals surface area contributed by atoms with Gasteiger partial charge in [0, 0.05) is 17.9 Å². The molecule has 0 atom stereocenters. The highest BCUT2D eigenvalue weighted by molar-refractivity contribution is 9.10. The smallest absolute Gasteiger partial charge is 0.351 e. The van der Waals surface area contributed by atoms with E-state index in [9.17, 15) is 9.18 Å². The molecule has 0 aliphatic heterocycles. The second kappa shape index (κ2) is 12.4. The summed E-state index contributed by atoms with van der Waals surface area (Å²) >= 11 is 5.66. The third-order valence-corrected chi connectivity index (χ3v) is 11.1. The number of anilines is 1. The topological polar surface area (TPSA) is 47.6 Å². The Balaban J connectivity index is 1.69. The second-order valence-electron chi connectivity index (χ2n) is 8.55. The number of benzene rings is 2. The summed E-state index contributed by atoms with van der Waals surface area (Å²) in [6, 6.07) is 21.1. The number of rotatable bonds is 10. The summed E-state index contributed by atoms with van der Waals surface area (Å²) in [6.07, 6.45) is 0. The van der Waals surface area contributed by atoms with Crippen LogP contribution in [0.15, 0.2) is 65.1 Å². The molecule has 181 valence electrons. The van der Waals surface area contributed by atoms with Gasteiger partial charge in [0.1, 0.15) is 5.00 Å². The molecule has 3 rings (SSSR count). The fourth-order valence-electron chi connectivity index (χ4n) is 3.51. The van der Waals surface area contributed by atoms with Crippen LogP contribution < -0.4 is 4.72 Å². The predicted molar refractivity (Wildman–Crippen MR) is 146 cm³/mol. The van der Waals surface area contributed by atoms with Crippen molar-refractivity contribution in [1.82, 2.24) is 0 Å². The number of esters is 1. The Bertz CT molecular complexity index is 1040. The summed E-state index contributed by atoms with van der Waals surface area (Å²) in [4.78, 5) is 11.7. The number of thiophene rings is 1. The van der Waals surface area contributed by atoms with Gasteiger partial charge in [-0.1, -0.05) is 81.4 Å². The molecule has 0 aliphatic rings. The van der Waals surface area contributed by atoms with E-state index in [0.717, 1.165) is 11.3 Å². The van der Waals surface area contributed by atoms with Gasteiger partial charge in [0.15, 0.2) is 10.7 Å². The van der Waals surface area contributed by atoms with Gasteiger partial charge in [-0.05, 0) is 44.0 Å². The van der Waals surface area contributed by atoms with Gasteiger partial charge in [0.05, 0.1) is 11.6 Å². The molecule has 1 aromatic heterocycles. The molecule has 1 N–H and O–H groups in total. The molecule has 0 unspecified atom stereocenters. The zero-order chi connectivity index (χ0) is 24.7. The van der Waals surface area contributed by atoms with E-state index >= 15 is 0 Å². The quantitative estimate of drug-likeness (QED) is 0.115. The lowest BCUT2D eigenvalue weighted by Crippen LogP contribution is -2.38. The van der Waals surface area contributed by atoms with E-state index in [4.69, 9.17) is 4.43 Å². The van der Waals surface area contributed by atoms with Gasteiger partial charge in [-0.25, -0.2) is 9.18 Å². The third-order valence-electron chi connectivity index (χ3n) is 5.04. The fourth-order valence-corrected chi connectivity index (χ4v) is 8.83. The number of carbonyl (C=O) groups is 1. The predicted octanol–water partition coefficient (Wildman–Crippen LogP) is 7.68. The number of methoxy groups -OCH3 is 1. The van der Waals surface area contributed by atoms with Crippen LogP contribution in [0.25, 0.3) is 0 Å². The van der Waals surface area contributed by atoms with Crippen molar-refractivity contribution in [2.75, 3.05) is 24.2 Å². The van der Waals surface area contributed by atoms with E-state index in [-0.39, 0.29) is 19.9 Å². The van der Waals surface area contributed by atoms with Crippen LogP contribution in [0.2, 0.25) is 5.04 Å². The summed E-state index contributed by atoms with van der Waals surface area (Å²) in [5.74, 6) is -0.627. The molecule has 34 heavy (non-hydrogen) atoms. The van der Waals surface area contributed by atoms with E-state index in [2.05, 4.69) is 94.7 Å². The summed E-state index contributed by atoms with van der Waals surface area (Å²) in [5.41, 5.74) is 2.71. The van der Waals surface area contributed by atoms with Gasteiger partial charge in [-0.3, -0.25) is 0 Å². The summed E-state index contributed by atoms with van der Waals surface area (Å²) in [5, 5.41) is 0.532. The molecule has 0 saturated carbocycles. The molecule has 0 spiro atoms. The Morgan fingerprint density at radius 3 is 2.18 bits per heavy atom. The minimum atomic E-state index is -1.34. The zero-order valence-electron chi connectivity index (χ0n) is 19.6. The Morgan fingerprint density at radius 1 is 1.12 bits per heavy atom. The van der Waals surface area contributed by atoms with E-state index in [1.54, 1.807) is 0 Å². The highest BCUT2D eigenvalue weighted by atomic mass is 79.9. The van der Waals surface area contributed by atoms with Crippen molar-refractivity contribution in [2.24, 2.45) is 0 Å². The molecular weight excluding hydrogens is 553 g/mol. The van der Waals surface area contributed by atoms with E-state index in [1.165, 1.54) is 30.2 Å². The molecule has 0 aliphatic carbocycles. The molecule has 4 nitrogen and oxygen atoms in total. The van der Waals surface area contributed by atoms with Crippen molar-refractivity contribution >= 4 is 59.2 Å². The molecule has 9 heteroatoms. The first kappa shape index (κ1) is 26.9. The van der Waals surface area contributed by atoms with Gasteiger partial charge in [0.2, 0.25) is 9.04 Å². The van der Waals surface area contributed by atoms with E-state index in [0.29, 0.717) is 17.4 Å². The average molecular weight is 582 g/mol. The van der Waals surface area contributed by atoms with Crippen molar-refractivity contribution in [3.8, 4) is 0 Å². The van der Waals surface area contributed by atoms with Crippen LogP contribution in [0, 0.1) is 5.82 Å². The number of hydrogen-bond acceptors (Lipinski definition) is 6. The highest BCUT2D eigenvalue weighted by Gasteiger charge is 2.38. The van der Waals surface area contributed by atoms with Crippen molar-refractivity contribution in [3.05, 3.63) is 87.0 Å². The maximum Gasteiger partial charge on any atom is 0.351 e. The molecule has 2 aromatic carbocycles. The van der Waals surface area contributed by atoms with E-state index in [1.807, 2.05) is 12.1 Å². The first-order valence-electron chi connectivity index (χ1n) is 10.8. The van der Waals surface area contributed by atoms with Gasteiger partial charge < -0.3 is 13.9 Å². The largest absolute Gasteiger partial charge is 0.465 e. The summed E-state index contributed by atoms with van der Waals surface area (Å²) in [6.45, 7) is 7.27. The standard InChI is InChI=1S/C25H28BrFNO3S2Si/c1-25(2,3)34(22(17-11-7-5-8-12-17)18-13-9-6-10-14-18)31-15-16-32-28-23-19(26)20(27)21(33-23)24(29)30-4/h5-14,22,28H,15-16H2,1-4H3. The average Bonchev–Trinajstić information content (AvgIpc) is 3.11. The van der Waals surface area contributed by atoms with Gasteiger partial charge >= 0.3 is 5.97 Å². The molecular formula is C25H28BrFNO3S2Si. The van der Waals surface area contributed by atoms with Crippen LogP contribution in [0.4, 0.5) is 9.39 Å². The van der Waals surface area contributed by atoms with E-state index < -0.39 is 20.8 Å². The lowest BCUT2D eigenvalue weighted by atomic mass is 10.0. The van der Waals surface area contributed by atoms with Crippen molar-refractivity contribution < 1.29 is 18.3 Å². The van der Waals surface area contributed by atoms with Crippen LogP contribution in [0.5, 0.6) is 0 Å². The Kier molecular flexibility index (Phi) is 9.79. The summed E-state index contributed by atoms with van der Waals surface area (Å²) in [7, 11) is -0.104. The third kappa shape index (κ3) is 6.72. The van der Waals surface area contributed by atoms with Crippen LogP contribution in [0.1, 0.15) is 47.1 Å². The molecule has 0 fully saturated rings. The molecule has 0 bridgehead atoms. The molecule has 1 radical (unpaired) electrons. The fraction of sp³-hybridized carbons (Fsp3) is 0.320. The number of halogens is 2. The SMILES string of the molecule is COC(=O)c1sc(NSCCO[Si](C(c2ccccc2)c2ccccc2)C(C)(C)C)c(Br)c1F. The number of hydrogen-bond donors (Lipinski definition) is 1. The minimum Gasteiger partial charge on any atom is -0.465 e. The lowest BCUT2D eigenvalue weighted by Gasteiger charge is -2.35. The number of ether oxygens (including phenoxy) is 1. The maximum absolute atomic E-state index is 14.3. The lowest BCUT2D eigenvalue weighted by molar-refractivity contribution is 0.0601. The highest BCUT2D eigenvalue weighted by Crippen LogP contribution is 2.41. The maximum atomic E-state index is 14.3. The Hall–Kier alpha value is -1.65. The molecule has 0 amide bonds. The first-order valence-corrected chi connectivity index (χ1v) is 14.9. The molecule has 3 aromatic rings. The van der Waals surface area contributed by atoms with Crippen molar-refractivity contribution in [1.29, 1.82) is 0 Å². The molecule has 1 heterocycles. The number of nitrogens with one attached hydrogen (secondary N) is 1. The summed E-state index contributed by atoms with van der Waals surface area (Å²) < 4.78 is 28.9. The van der Waals surface area contributed by atoms with Crippen LogP contribution in [-0.4, -0.2) is 34.5 Å². The van der Waals surface area contributed by atoms with Crippen LogP contribution >= 0.6 is 39.2 Å². The van der Waals surface area contributed by atoms with Crippen molar-refractivity contribution in [2.45, 2.75) is 31.4 Å². The van der Waals surface area contributed by atoms with Crippen LogP contribution in [-0.2, 0) is 9.16 Å². The second-order valence-corrected chi connectivity index (χ2v) is 14.4. The zero-order valence-corrected chi connectivity index (χ0v) is 23.8. The van der Waals surface area contributed by atoms with Gasteiger partial charge in [-0.15, -0.1) is 11.3 Å². The Morgan fingerprint density at radius 2 is 1.68 bits per heavy atom. The monoisotopic (exact) mass is 580 g/mol. The van der Waals surface area contributed by atoms with Crippen molar-refractivity contribution in [3.63, 3.8) is 0 Å². The number of carbonyl (C=O) groups excluding carboxylic acids is 1. The molecule has 0 saturated heterocycles. The van der Waals surface area contributed by atoms with Crippen LogP contribution in [0.3, 0.4) is 0 Å². The Labute approximate surface area is 219 Å². The van der Waals surface area contributed by atoms with Gasteiger partial charge in [-0.2, -0.15) is 0 Å². The minimum absolute atomic E-state index is 0.00552. The first-order chi connectivity index (χ1) is 16.2. The van der Waals surface area contributed by atoms with Gasteiger partial charge in [0.25, 0.3) is 0 Å².